The maximum absolute atomic E-state index is 14.0. The minimum absolute atomic E-state index is 0.0502. The molecule has 1 N–H and O–H groups in total. The van der Waals surface area contributed by atoms with Gasteiger partial charge in [0.15, 0.2) is 0 Å². The van der Waals surface area contributed by atoms with Crippen molar-refractivity contribution in [1.82, 2.24) is 4.90 Å². The van der Waals surface area contributed by atoms with Crippen LogP contribution < -0.4 is 9.62 Å². The Bertz CT molecular complexity index is 1230. The van der Waals surface area contributed by atoms with Gasteiger partial charge in [0.1, 0.15) is 0 Å². The summed E-state index contributed by atoms with van der Waals surface area (Å²) in [5, 5.41) is 0. The van der Waals surface area contributed by atoms with Gasteiger partial charge in [0, 0.05) is 38.6 Å². The van der Waals surface area contributed by atoms with Crippen molar-refractivity contribution in [3.8, 4) is 0 Å². The summed E-state index contributed by atoms with van der Waals surface area (Å²) in [6.45, 7) is 4.68. The number of carbonyl (C=O) groups excluding carboxylic acids is 1. The highest BCUT2D eigenvalue weighted by Crippen LogP contribution is 2.29. The van der Waals surface area contributed by atoms with Gasteiger partial charge in [0.05, 0.1) is 11.7 Å². The fraction of sp³-hybridized carbons (Fsp3) is 0.345. The highest BCUT2D eigenvalue weighted by atomic mass is 32.2. The van der Waals surface area contributed by atoms with E-state index in [1.807, 2.05) is 111 Å². The van der Waals surface area contributed by atoms with Crippen molar-refractivity contribution in [3.63, 3.8) is 0 Å². The molecule has 3 aromatic carbocycles. The minimum atomic E-state index is -3.43. The zero-order chi connectivity index (χ0) is 26.1. The lowest BCUT2D eigenvalue weighted by Gasteiger charge is -2.29. The van der Waals surface area contributed by atoms with Crippen molar-refractivity contribution in [2.45, 2.75) is 45.7 Å². The second-order valence-corrected chi connectivity index (χ2v) is 11.1. The Kier molecular flexibility index (Phi) is 9.53. The van der Waals surface area contributed by atoms with E-state index in [2.05, 4.69) is 4.72 Å². The maximum atomic E-state index is 14.0. The average Bonchev–Trinajstić information content (AvgIpc) is 2.85. The Morgan fingerprint density at radius 1 is 0.889 bits per heavy atom. The Morgan fingerprint density at radius 3 is 2.11 bits per heavy atom. The summed E-state index contributed by atoms with van der Waals surface area (Å²) in [6.07, 6.45) is 1.22. The van der Waals surface area contributed by atoms with Crippen molar-refractivity contribution in [2.75, 3.05) is 29.5 Å². The molecular formula is C29H37N3O3S. The number of hydrogen-bond donors (Lipinski definition) is 1. The number of carbonyl (C=O) groups is 1. The van der Waals surface area contributed by atoms with E-state index in [9.17, 15) is 13.2 Å². The molecule has 0 heterocycles. The van der Waals surface area contributed by atoms with Crippen LogP contribution in [0.2, 0.25) is 0 Å². The quantitative estimate of drug-likeness (QED) is 0.345. The molecule has 1 amide bonds. The molecule has 1 unspecified atom stereocenters. The number of amides is 1. The van der Waals surface area contributed by atoms with Crippen LogP contribution in [-0.2, 0) is 27.9 Å². The van der Waals surface area contributed by atoms with Crippen LogP contribution in [0.25, 0.3) is 0 Å². The molecule has 1 atom stereocenters. The molecule has 7 heteroatoms. The molecular weight excluding hydrogens is 470 g/mol. The number of benzene rings is 3. The predicted octanol–water partition coefficient (Wildman–Crippen LogP) is 5.63. The highest BCUT2D eigenvalue weighted by Gasteiger charge is 2.26. The SMILES string of the molecule is CCCS(=O)(=O)Nc1ccc(N(C)C)c(CN(Cc2ccccc2)C(=O)C(CC)c2ccccc2)c1. The number of nitrogens with zero attached hydrogens (tertiary/aromatic N) is 2. The molecule has 3 rings (SSSR count). The summed E-state index contributed by atoms with van der Waals surface area (Å²) < 4.78 is 27.5. The summed E-state index contributed by atoms with van der Waals surface area (Å²) in [5.74, 6) is -0.149. The largest absolute Gasteiger partial charge is 0.377 e. The van der Waals surface area contributed by atoms with E-state index in [0.29, 0.717) is 31.6 Å². The first-order valence-electron chi connectivity index (χ1n) is 12.4. The second-order valence-electron chi connectivity index (χ2n) is 9.21. The molecule has 0 bridgehead atoms. The number of rotatable bonds is 12. The number of nitrogens with one attached hydrogen (secondary N) is 1. The Hall–Kier alpha value is -3.32. The van der Waals surface area contributed by atoms with Gasteiger partial charge in [-0.15, -0.1) is 0 Å². The maximum Gasteiger partial charge on any atom is 0.232 e. The minimum Gasteiger partial charge on any atom is -0.377 e. The average molecular weight is 508 g/mol. The van der Waals surface area contributed by atoms with Crippen molar-refractivity contribution < 1.29 is 13.2 Å². The molecule has 6 nitrogen and oxygen atoms in total. The van der Waals surface area contributed by atoms with Gasteiger partial charge in [-0.05, 0) is 47.7 Å². The summed E-state index contributed by atoms with van der Waals surface area (Å²) >= 11 is 0. The Labute approximate surface area is 216 Å². The Morgan fingerprint density at radius 2 is 1.53 bits per heavy atom. The monoisotopic (exact) mass is 507 g/mol. The lowest BCUT2D eigenvalue weighted by atomic mass is 9.94. The van der Waals surface area contributed by atoms with Crippen LogP contribution in [0.1, 0.15) is 49.3 Å². The van der Waals surface area contributed by atoms with Crippen molar-refractivity contribution in [2.24, 2.45) is 0 Å². The summed E-state index contributed by atoms with van der Waals surface area (Å²) in [4.78, 5) is 17.8. The molecule has 0 radical (unpaired) electrons. The van der Waals surface area contributed by atoms with E-state index in [-0.39, 0.29) is 17.6 Å². The molecule has 0 aromatic heterocycles. The van der Waals surface area contributed by atoms with Crippen LogP contribution in [-0.4, -0.2) is 39.1 Å². The lowest BCUT2D eigenvalue weighted by molar-refractivity contribution is -0.134. The molecule has 0 fully saturated rings. The lowest BCUT2D eigenvalue weighted by Crippen LogP contribution is -2.34. The van der Waals surface area contributed by atoms with Gasteiger partial charge in [-0.2, -0.15) is 0 Å². The molecule has 192 valence electrons. The zero-order valence-electron chi connectivity index (χ0n) is 21.6. The first kappa shape index (κ1) is 27.3. The van der Waals surface area contributed by atoms with Crippen LogP contribution in [0.3, 0.4) is 0 Å². The van der Waals surface area contributed by atoms with Gasteiger partial charge in [-0.25, -0.2) is 8.42 Å². The number of hydrogen-bond acceptors (Lipinski definition) is 4. The summed E-state index contributed by atoms with van der Waals surface area (Å²) in [7, 11) is 0.467. The first-order chi connectivity index (χ1) is 17.2. The van der Waals surface area contributed by atoms with Crippen molar-refractivity contribution in [1.29, 1.82) is 0 Å². The predicted molar refractivity (Wildman–Crippen MR) is 149 cm³/mol. The summed E-state index contributed by atoms with van der Waals surface area (Å²) in [6, 6.07) is 25.3. The van der Waals surface area contributed by atoms with Gasteiger partial charge in [0.25, 0.3) is 0 Å². The van der Waals surface area contributed by atoms with Crippen LogP contribution >= 0.6 is 0 Å². The molecule has 0 spiro atoms. The number of anilines is 2. The fourth-order valence-corrected chi connectivity index (χ4v) is 5.52. The molecule has 0 aliphatic heterocycles. The van der Waals surface area contributed by atoms with E-state index < -0.39 is 10.0 Å². The van der Waals surface area contributed by atoms with E-state index in [1.165, 1.54) is 0 Å². The standard InChI is InChI=1S/C29H37N3O3S/c1-5-19-36(34,35)30-26-17-18-28(31(3)4)25(20-26)22-32(21-23-13-9-7-10-14-23)29(33)27(6-2)24-15-11-8-12-16-24/h7-18,20,27,30H,5-6,19,21-22H2,1-4H3. The second kappa shape index (κ2) is 12.6. The van der Waals surface area contributed by atoms with E-state index >= 15 is 0 Å². The van der Waals surface area contributed by atoms with E-state index in [1.54, 1.807) is 6.07 Å². The number of sulfonamides is 1. The molecule has 0 saturated carbocycles. The van der Waals surface area contributed by atoms with E-state index in [4.69, 9.17) is 0 Å². The third-order valence-corrected chi connectivity index (χ3v) is 7.60. The van der Waals surface area contributed by atoms with Crippen LogP contribution in [0.4, 0.5) is 11.4 Å². The van der Waals surface area contributed by atoms with Crippen molar-refractivity contribution >= 4 is 27.3 Å². The topological polar surface area (TPSA) is 69.7 Å². The molecule has 0 aliphatic carbocycles. The Balaban J connectivity index is 2.00. The van der Waals surface area contributed by atoms with Gasteiger partial charge in [0.2, 0.25) is 15.9 Å². The van der Waals surface area contributed by atoms with Crippen LogP contribution in [0.5, 0.6) is 0 Å². The van der Waals surface area contributed by atoms with Crippen molar-refractivity contribution in [3.05, 3.63) is 95.6 Å². The molecule has 0 aliphatic rings. The fourth-order valence-electron chi connectivity index (χ4n) is 4.39. The van der Waals surface area contributed by atoms with Crippen LogP contribution in [0, 0.1) is 0 Å². The summed E-state index contributed by atoms with van der Waals surface area (Å²) in [5.41, 5.74) is 4.36. The van der Waals surface area contributed by atoms with Crippen LogP contribution in [0.15, 0.2) is 78.9 Å². The third-order valence-electron chi connectivity index (χ3n) is 6.10. The molecule has 0 saturated heterocycles. The van der Waals surface area contributed by atoms with Gasteiger partial charge >= 0.3 is 0 Å². The molecule has 36 heavy (non-hydrogen) atoms. The van der Waals surface area contributed by atoms with Gasteiger partial charge in [-0.3, -0.25) is 9.52 Å². The zero-order valence-corrected chi connectivity index (χ0v) is 22.5. The van der Waals surface area contributed by atoms with E-state index in [0.717, 1.165) is 22.4 Å². The first-order valence-corrected chi connectivity index (χ1v) is 14.1. The van der Waals surface area contributed by atoms with Gasteiger partial charge in [-0.1, -0.05) is 74.5 Å². The highest BCUT2D eigenvalue weighted by molar-refractivity contribution is 7.92. The normalized spacial score (nSPS) is 12.1. The smallest absolute Gasteiger partial charge is 0.232 e. The molecule has 3 aromatic rings. The van der Waals surface area contributed by atoms with Gasteiger partial charge < -0.3 is 9.80 Å². The third kappa shape index (κ3) is 7.34.